The molecule has 1 aromatic heterocycles. The molecule has 22 heavy (non-hydrogen) atoms. The molecular formula is C16H18N2O3S. The third kappa shape index (κ3) is 3.01. The van der Waals surface area contributed by atoms with Gasteiger partial charge in [0.2, 0.25) is 0 Å². The van der Waals surface area contributed by atoms with Crippen LogP contribution in [0.25, 0.3) is 0 Å². The first-order chi connectivity index (χ1) is 10.5. The lowest BCUT2D eigenvalue weighted by Crippen LogP contribution is -2.46. The van der Waals surface area contributed by atoms with Crippen LogP contribution in [0.5, 0.6) is 0 Å². The number of aromatic nitrogens is 1. The second-order valence-corrected chi connectivity index (χ2v) is 5.91. The zero-order valence-electron chi connectivity index (χ0n) is 12.5. The standard InChI is InChI=1S/C16H18N2O3S/c1-3-16(15(20)21,12-7-5-4-6-8-12)9-17-14(19)13-11(2)18-10-22-13/h4-8,10H,3,9H2,1-2H3,(H,17,19)(H,20,21). The summed E-state index contributed by atoms with van der Waals surface area (Å²) in [5, 5.41) is 12.5. The summed E-state index contributed by atoms with van der Waals surface area (Å²) in [5.74, 6) is -1.22. The molecule has 1 unspecified atom stereocenters. The van der Waals surface area contributed by atoms with Gasteiger partial charge >= 0.3 is 5.97 Å². The molecule has 2 aromatic rings. The number of aryl methyl sites for hydroxylation is 1. The second kappa shape index (κ2) is 6.70. The van der Waals surface area contributed by atoms with Crippen molar-refractivity contribution < 1.29 is 14.7 Å². The molecule has 0 radical (unpaired) electrons. The lowest BCUT2D eigenvalue weighted by Gasteiger charge is -2.29. The van der Waals surface area contributed by atoms with E-state index in [0.29, 0.717) is 22.6 Å². The van der Waals surface area contributed by atoms with Crippen molar-refractivity contribution in [3.8, 4) is 0 Å². The number of carboxylic acid groups (broad SMARTS) is 1. The topological polar surface area (TPSA) is 79.3 Å². The molecule has 1 amide bonds. The van der Waals surface area contributed by atoms with E-state index in [-0.39, 0.29) is 12.5 Å². The van der Waals surface area contributed by atoms with Gasteiger partial charge in [0.15, 0.2) is 0 Å². The van der Waals surface area contributed by atoms with Gasteiger partial charge in [0.25, 0.3) is 5.91 Å². The lowest BCUT2D eigenvalue weighted by atomic mass is 9.78. The smallest absolute Gasteiger partial charge is 0.315 e. The Hall–Kier alpha value is -2.21. The minimum Gasteiger partial charge on any atom is -0.481 e. The van der Waals surface area contributed by atoms with E-state index in [1.807, 2.05) is 13.0 Å². The summed E-state index contributed by atoms with van der Waals surface area (Å²) < 4.78 is 0. The molecule has 1 aromatic carbocycles. The van der Waals surface area contributed by atoms with E-state index in [1.54, 1.807) is 36.7 Å². The van der Waals surface area contributed by atoms with Gasteiger partial charge in [-0.15, -0.1) is 11.3 Å². The molecule has 5 nitrogen and oxygen atoms in total. The van der Waals surface area contributed by atoms with Crippen molar-refractivity contribution in [1.29, 1.82) is 0 Å². The largest absolute Gasteiger partial charge is 0.481 e. The third-order valence-electron chi connectivity index (χ3n) is 3.84. The third-order valence-corrected chi connectivity index (χ3v) is 4.77. The first kappa shape index (κ1) is 16.2. The van der Waals surface area contributed by atoms with Gasteiger partial charge in [0.1, 0.15) is 10.3 Å². The number of benzene rings is 1. The Balaban J connectivity index is 2.23. The van der Waals surface area contributed by atoms with Gasteiger partial charge in [-0.3, -0.25) is 9.59 Å². The number of aliphatic carboxylic acids is 1. The predicted octanol–water partition coefficient (Wildman–Crippen LogP) is 2.61. The Morgan fingerprint density at radius 2 is 2.00 bits per heavy atom. The van der Waals surface area contributed by atoms with Crippen LogP contribution in [0.15, 0.2) is 35.8 Å². The SMILES string of the molecule is CCC(CNC(=O)c1scnc1C)(C(=O)O)c1ccccc1. The molecule has 0 fully saturated rings. The Labute approximate surface area is 133 Å². The molecule has 2 rings (SSSR count). The molecule has 0 spiro atoms. The summed E-state index contributed by atoms with van der Waals surface area (Å²) in [6.07, 6.45) is 0.383. The number of carbonyl (C=O) groups is 2. The normalized spacial score (nSPS) is 13.4. The van der Waals surface area contributed by atoms with Crippen molar-refractivity contribution in [2.45, 2.75) is 25.7 Å². The van der Waals surface area contributed by atoms with Crippen LogP contribution in [-0.2, 0) is 10.2 Å². The molecule has 0 aliphatic heterocycles. The van der Waals surface area contributed by atoms with Crippen molar-refractivity contribution >= 4 is 23.2 Å². The van der Waals surface area contributed by atoms with Gasteiger partial charge in [-0.05, 0) is 18.9 Å². The number of nitrogens with one attached hydrogen (secondary N) is 1. The van der Waals surface area contributed by atoms with Crippen molar-refractivity contribution in [2.75, 3.05) is 6.54 Å². The number of carbonyl (C=O) groups excluding carboxylic acids is 1. The zero-order valence-corrected chi connectivity index (χ0v) is 13.3. The molecule has 6 heteroatoms. The van der Waals surface area contributed by atoms with Gasteiger partial charge in [0, 0.05) is 6.54 Å². The van der Waals surface area contributed by atoms with Gasteiger partial charge in [-0.25, -0.2) is 4.98 Å². The average molecular weight is 318 g/mol. The lowest BCUT2D eigenvalue weighted by molar-refractivity contribution is -0.143. The Morgan fingerprint density at radius 3 is 2.50 bits per heavy atom. The average Bonchev–Trinajstić information content (AvgIpc) is 2.95. The fraction of sp³-hybridized carbons (Fsp3) is 0.312. The van der Waals surface area contributed by atoms with E-state index in [2.05, 4.69) is 10.3 Å². The van der Waals surface area contributed by atoms with Crippen LogP contribution < -0.4 is 5.32 Å². The van der Waals surface area contributed by atoms with E-state index in [9.17, 15) is 14.7 Å². The first-order valence-corrected chi connectivity index (χ1v) is 7.86. The zero-order chi connectivity index (χ0) is 16.2. The summed E-state index contributed by atoms with van der Waals surface area (Å²) in [6, 6.07) is 9.00. The molecule has 2 N–H and O–H groups in total. The van der Waals surface area contributed by atoms with Gasteiger partial charge in [-0.2, -0.15) is 0 Å². The van der Waals surface area contributed by atoms with Crippen LogP contribution in [0.2, 0.25) is 0 Å². The highest BCUT2D eigenvalue weighted by atomic mass is 32.1. The van der Waals surface area contributed by atoms with Crippen molar-refractivity contribution in [2.24, 2.45) is 0 Å². The van der Waals surface area contributed by atoms with Crippen molar-refractivity contribution in [1.82, 2.24) is 10.3 Å². The minimum absolute atomic E-state index is 0.0407. The Kier molecular flexibility index (Phi) is 4.92. The molecule has 0 aliphatic rings. The molecule has 1 heterocycles. The van der Waals surface area contributed by atoms with Crippen LogP contribution in [0.4, 0.5) is 0 Å². The molecule has 116 valence electrons. The summed E-state index contributed by atoms with van der Waals surface area (Å²) in [6.45, 7) is 3.61. The second-order valence-electron chi connectivity index (χ2n) is 5.06. The molecular weight excluding hydrogens is 300 g/mol. The summed E-state index contributed by atoms with van der Waals surface area (Å²) in [4.78, 5) is 28.6. The van der Waals surface area contributed by atoms with Crippen LogP contribution in [0, 0.1) is 6.92 Å². The van der Waals surface area contributed by atoms with Crippen LogP contribution in [0.3, 0.4) is 0 Å². The maximum atomic E-state index is 12.2. The molecule has 0 bridgehead atoms. The maximum absolute atomic E-state index is 12.2. The number of rotatable bonds is 6. The summed E-state index contributed by atoms with van der Waals surface area (Å²) in [7, 11) is 0. The van der Waals surface area contributed by atoms with Crippen molar-refractivity contribution in [3.05, 3.63) is 52.0 Å². The van der Waals surface area contributed by atoms with E-state index in [0.717, 1.165) is 0 Å². The van der Waals surface area contributed by atoms with E-state index < -0.39 is 11.4 Å². The van der Waals surface area contributed by atoms with Gasteiger partial charge in [0.05, 0.1) is 11.2 Å². The number of thiazole rings is 1. The van der Waals surface area contributed by atoms with E-state index >= 15 is 0 Å². The Morgan fingerprint density at radius 1 is 1.32 bits per heavy atom. The Bertz CT molecular complexity index is 669. The number of hydrogen-bond donors (Lipinski definition) is 2. The predicted molar refractivity (Wildman–Crippen MR) is 85.2 cm³/mol. The molecule has 0 saturated carbocycles. The first-order valence-electron chi connectivity index (χ1n) is 6.98. The number of amides is 1. The highest BCUT2D eigenvalue weighted by molar-refractivity contribution is 7.11. The summed E-state index contributed by atoms with van der Waals surface area (Å²) in [5.41, 5.74) is 1.81. The fourth-order valence-corrected chi connectivity index (χ4v) is 3.09. The number of hydrogen-bond acceptors (Lipinski definition) is 4. The highest BCUT2D eigenvalue weighted by Gasteiger charge is 2.39. The minimum atomic E-state index is -1.13. The van der Waals surface area contributed by atoms with Crippen LogP contribution in [0.1, 0.15) is 34.3 Å². The van der Waals surface area contributed by atoms with Gasteiger partial charge < -0.3 is 10.4 Å². The monoisotopic (exact) mass is 318 g/mol. The number of nitrogens with zero attached hydrogens (tertiary/aromatic N) is 1. The maximum Gasteiger partial charge on any atom is 0.315 e. The molecule has 0 saturated heterocycles. The molecule has 1 atom stereocenters. The quantitative estimate of drug-likeness (QED) is 0.858. The fourth-order valence-electron chi connectivity index (χ4n) is 2.37. The van der Waals surface area contributed by atoms with Gasteiger partial charge in [-0.1, -0.05) is 37.3 Å². The molecule has 0 aliphatic carbocycles. The van der Waals surface area contributed by atoms with Crippen LogP contribution >= 0.6 is 11.3 Å². The number of carboxylic acids is 1. The van der Waals surface area contributed by atoms with Crippen LogP contribution in [-0.4, -0.2) is 28.5 Å². The highest BCUT2D eigenvalue weighted by Crippen LogP contribution is 2.28. The van der Waals surface area contributed by atoms with E-state index in [4.69, 9.17) is 0 Å². The van der Waals surface area contributed by atoms with Crippen molar-refractivity contribution in [3.63, 3.8) is 0 Å². The summed E-state index contributed by atoms with van der Waals surface area (Å²) >= 11 is 1.25. The van der Waals surface area contributed by atoms with E-state index in [1.165, 1.54) is 11.3 Å².